The molecule has 1 saturated carbocycles. The van der Waals surface area contributed by atoms with Crippen LogP contribution in [0.25, 0.3) is 0 Å². The highest BCUT2D eigenvalue weighted by molar-refractivity contribution is 7.98. The molecule has 2 nitrogen and oxygen atoms in total. The summed E-state index contributed by atoms with van der Waals surface area (Å²) in [4.78, 5) is 0. The van der Waals surface area contributed by atoms with E-state index in [1.165, 1.54) is 50.6 Å². The maximum atomic E-state index is 3.68. The second-order valence-electron chi connectivity index (χ2n) is 7.22. The molecule has 0 aliphatic heterocycles. The van der Waals surface area contributed by atoms with Gasteiger partial charge < -0.3 is 5.32 Å². The molecule has 3 rings (SSSR count). The van der Waals surface area contributed by atoms with Gasteiger partial charge in [-0.1, -0.05) is 31.9 Å². The molecule has 2 aliphatic rings. The van der Waals surface area contributed by atoms with Crippen molar-refractivity contribution in [2.45, 2.75) is 70.1 Å². The Morgan fingerprint density at radius 1 is 1.09 bits per heavy atom. The topological polar surface area (TPSA) is 24.1 Å². The minimum Gasteiger partial charge on any atom is -0.385 e. The highest BCUT2D eigenvalue weighted by Gasteiger charge is 2.21. The van der Waals surface area contributed by atoms with Gasteiger partial charge in [-0.2, -0.15) is 0 Å². The van der Waals surface area contributed by atoms with Gasteiger partial charge >= 0.3 is 0 Å². The van der Waals surface area contributed by atoms with Crippen molar-refractivity contribution < 1.29 is 0 Å². The molecule has 0 aromatic heterocycles. The van der Waals surface area contributed by atoms with Crippen LogP contribution in [-0.4, -0.2) is 17.8 Å². The van der Waals surface area contributed by atoms with Crippen LogP contribution in [0.4, 0.5) is 5.69 Å². The Labute approximate surface area is 140 Å². The van der Waals surface area contributed by atoms with Gasteiger partial charge in [-0.15, -0.1) is 0 Å². The van der Waals surface area contributed by atoms with E-state index in [-0.39, 0.29) is 0 Å². The lowest BCUT2D eigenvalue weighted by atomic mass is 9.86. The van der Waals surface area contributed by atoms with Gasteiger partial charge in [-0.3, -0.25) is 4.72 Å². The largest absolute Gasteiger partial charge is 0.385 e. The van der Waals surface area contributed by atoms with Crippen LogP contribution in [-0.2, 0) is 12.8 Å². The van der Waals surface area contributed by atoms with Crippen molar-refractivity contribution in [2.24, 2.45) is 5.92 Å². The Kier molecular flexibility index (Phi) is 5.70. The Balaban J connectivity index is 1.40. The quantitative estimate of drug-likeness (QED) is 0.737. The zero-order chi connectivity index (χ0) is 15.4. The maximum absolute atomic E-state index is 3.68. The zero-order valence-corrected chi connectivity index (χ0v) is 14.8. The van der Waals surface area contributed by atoms with Crippen LogP contribution in [0.2, 0.25) is 0 Å². The molecule has 1 aromatic rings. The van der Waals surface area contributed by atoms with Crippen molar-refractivity contribution in [1.82, 2.24) is 4.72 Å². The van der Waals surface area contributed by atoms with Crippen molar-refractivity contribution >= 4 is 17.6 Å². The Hall–Kier alpha value is -0.670. The van der Waals surface area contributed by atoms with Gasteiger partial charge in [0.25, 0.3) is 0 Å². The number of rotatable bonds is 6. The number of benzene rings is 1. The second kappa shape index (κ2) is 7.74. The lowest BCUT2D eigenvalue weighted by Gasteiger charge is -2.29. The van der Waals surface area contributed by atoms with Crippen LogP contribution in [0.15, 0.2) is 18.2 Å². The molecule has 3 heteroatoms. The van der Waals surface area contributed by atoms with Crippen molar-refractivity contribution in [3.8, 4) is 0 Å². The number of nitrogens with one attached hydrogen (secondary N) is 2. The van der Waals surface area contributed by atoms with E-state index >= 15 is 0 Å². The zero-order valence-electron chi connectivity index (χ0n) is 14.0. The lowest BCUT2D eigenvalue weighted by Crippen LogP contribution is -2.31. The van der Waals surface area contributed by atoms with E-state index in [9.17, 15) is 0 Å². The number of fused-ring (bicyclic) bond motifs is 1. The number of hydrogen-bond donors (Lipinski definition) is 2. The number of aryl methyl sites for hydroxylation is 2. The normalized spacial score (nSPS) is 24.5. The standard InChI is InChI=1S/C19H30N2S/c1-14(2)22-21-18-9-6-15(7-10-18)13-20-19-11-8-16-4-3-5-17(16)12-19/h8,11-12,14-15,18,20-21H,3-7,9-10,13H2,1-2H3. The molecule has 2 N–H and O–H groups in total. The van der Waals surface area contributed by atoms with Crippen molar-refractivity contribution in [2.75, 3.05) is 11.9 Å². The lowest BCUT2D eigenvalue weighted by molar-refractivity contribution is 0.328. The fourth-order valence-corrected chi connectivity index (χ4v) is 4.36. The van der Waals surface area contributed by atoms with Crippen LogP contribution in [0, 0.1) is 5.92 Å². The van der Waals surface area contributed by atoms with E-state index in [4.69, 9.17) is 0 Å². The molecule has 1 aromatic carbocycles. The summed E-state index contributed by atoms with van der Waals surface area (Å²) in [5.74, 6) is 0.843. The molecule has 0 heterocycles. The Bertz CT molecular complexity index is 478. The second-order valence-corrected chi connectivity index (χ2v) is 8.63. The van der Waals surface area contributed by atoms with Crippen molar-refractivity contribution in [1.29, 1.82) is 0 Å². The van der Waals surface area contributed by atoms with Gasteiger partial charge in [0.2, 0.25) is 0 Å². The maximum Gasteiger partial charge on any atom is 0.0343 e. The van der Waals surface area contributed by atoms with E-state index < -0.39 is 0 Å². The summed E-state index contributed by atoms with van der Waals surface area (Å²) in [5, 5.41) is 4.36. The molecular weight excluding hydrogens is 288 g/mol. The highest BCUT2D eigenvalue weighted by Crippen LogP contribution is 2.28. The van der Waals surface area contributed by atoms with Gasteiger partial charge in [0.1, 0.15) is 0 Å². The third kappa shape index (κ3) is 4.42. The van der Waals surface area contributed by atoms with E-state index in [0.29, 0.717) is 5.25 Å². The first-order valence-corrected chi connectivity index (χ1v) is 9.85. The van der Waals surface area contributed by atoms with Crippen molar-refractivity contribution in [3.63, 3.8) is 0 Å². The fraction of sp³-hybridized carbons (Fsp3) is 0.684. The minimum absolute atomic E-state index is 0.680. The molecule has 122 valence electrons. The average Bonchev–Trinajstić information content (AvgIpc) is 2.99. The summed E-state index contributed by atoms with van der Waals surface area (Å²) in [5.41, 5.74) is 4.47. The molecule has 0 radical (unpaired) electrons. The van der Waals surface area contributed by atoms with E-state index in [2.05, 4.69) is 42.1 Å². The first kappa shape index (κ1) is 16.2. The predicted molar refractivity (Wildman–Crippen MR) is 98.6 cm³/mol. The van der Waals surface area contributed by atoms with E-state index in [1.807, 2.05) is 11.9 Å². The van der Waals surface area contributed by atoms with E-state index in [0.717, 1.165) is 18.5 Å². The third-order valence-corrected chi connectivity index (χ3v) is 5.95. The molecule has 0 bridgehead atoms. The molecule has 2 aliphatic carbocycles. The number of anilines is 1. The molecular formula is C19H30N2S. The Morgan fingerprint density at radius 3 is 2.64 bits per heavy atom. The fourth-order valence-electron chi connectivity index (χ4n) is 3.66. The van der Waals surface area contributed by atoms with E-state index in [1.54, 1.807) is 11.1 Å². The first-order chi connectivity index (χ1) is 10.7. The summed E-state index contributed by atoms with van der Waals surface area (Å²) >= 11 is 1.89. The van der Waals surface area contributed by atoms with Crippen LogP contribution >= 0.6 is 11.9 Å². The predicted octanol–water partition coefficient (Wildman–Crippen LogP) is 4.79. The molecule has 22 heavy (non-hydrogen) atoms. The van der Waals surface area contributed by atoms with Gasteiger partial charge in [0.05, 0.1) is 0 Å². The number of hydrogen-bond acceptors (Lipinski definition) is 3. The highest BCUT2D eigenvalue weighted by atomic mass is 32.2. The van der Waals surface area contributed by atoms with Gasteiger partial charge in [0.15, 0.2) is 0 Å². The van der Waals surface area contributed by atoms with Gasteiger partial charge in [0, 0.05) is 23.5 Å². The monoisotopic (exact) mass is 318 g/mol. The summed E-state index contributed by atoms with van der Waals surface area (Å²) in [6.45, 7) is 5.65. The van der Waals surface area contributed by atoms with Crippen molar-refractivity contribution in [3.05, 3.63) is 29.3 Å². The molecule has 0 amide bonds. The van der Waals surface area contributed by atoms with Crippen LogP contribution < -0.4 is 10.0 Å². The molecule has 1 fully saturated rings. The third-order valence-electron chi connectivity index (χ3n) is 5.01. The molecule has 0 spiro atoms. The average molecular weight is 319 g/mol. The van der Waals surface area contributed by atoms with Crippen LogP contribution in [0.3, 0.4) is 0 Å². The molecule has 0 saturated heterocycles. The molecule has 0 unspecified atom stereocenters. The first-order valence-electron chi connectivity index (χ1n) is 8.97. The summed E-state index contributed by atoms with van der Waals surface area (Å²) in [6, 6.07) is 7.71. The Morgan fingerprint density at radius 2 is 1.86 bits per heavy atom. The van der Waals surface area contributed by atoms with Gasteiger partial charge in [-0.05, 0) is 74.1 Å². The summed E-state index contributed by atoms with van der Waals surface area (Å²) < 4.78 is 3.64. The molecule has 0 atom stereocenters. The minimum atomic E-state index is 0.680. The SMILES string of the molecule is CC(C)SNC1CCC(CNc2ccc3c(c2)CCC3)CC1. The van der Waals surface area contributed by atoms with Crippen LogP contribution in [0.1, 0.15) is 57.1 Å². The smallest absolute Gasteiger partial charge is 0.0343 e. The van der Waals surface area contributed by atoms with Gasteiger partial charge in [-0.25, -0.2) is 0 Å². The van der Waals surface area contributed by atoms with Crippen LogP contribution in [0.5, 0.6) is 0 Å². The summed E-state index contributed by atoms with van der Waals surface area (Å²) in [7, 11) is 0. The summed E-state index contributed by atoms with van der Waals surface area (Å²) in [6.07, 6.45) is 9.26.